The summed E-state index contributed by atoms with van der Waals surface area (Å²) in [6, 6.07) is 9.33. The van der Waals surface area contributed by atoms with E-state index in [0.29, 0.717) is 55.4 Å². The second kappa shape index (κ2) is 8.11. The summed E-state index contributed by atoms with van der Waals surface area (Å²) < 4.78 is 13.8. The third-order valence-electron chi connectivity index (χ3n) is 6.62. The molecule has 34 heavy (non-hydrogen) atoms. The monoisotopic (exact) mass is 462 g/mol. The maximum absolute atomic E-state index is 13.5. The van der Waals surface area contributed by atoms with Crippen molar-refractivity contribution >= 4 is 22.6 Å². The fourth-order valence-electron chi connectivity index (χ4n) is 4.73. The molecule has 178 valence electrons. The molecule has 3 aromatic rings. The van der Waals surface area contributed by atoms with Crippen LogP contribution in [0.5, 0.6) is 11.6 Å². The van der Waals surface area contributed by atoms with E-state index in [1.165, 1.54) is 0 Å². The quantitative estimate of drug-likeness (QED) is 0.579. The number of aromatic nitrogens is 3. The molecule has 2 aromatic heterocycles. The number of nitrogens with zero attached hydrogens (tertiary/aromatic N) is 4. The van der Waals surface area contributed by atoms with Crippen molar-refractivity contribution < 1.29 is 19.1 Å². The van der Waals surface area contributed by atoms with E-state index in [0.717, 1.165) is 10.9 Å². The molecule has 1 aromatic carbocycles. The zero-order chi connectivity index (χ0) is 24.1. The fourth-order valence-corrected chi connectivity index (χ4v) is 4.73. The number of hydrogen-bond donors (Lipinski definition) is 0. The van der Waals surface area contributed by atoms with Crippen molar-refractivity contribution in [3.05, 3.63) is 47.8 Å². The third-order valence-corrected chi connectivity index (χ3v) is 6.62. The number of Topliss-reactive ketones (excluding diaryl/α,β-unsaturated/α-hetero) is 1. The molecule has 1 amide bonds. The maximum Gasteiger partial charge on any atom is 0.254 e. The number of benzene rings is 1. The Hall–Kier alpha value is -3.42. The van der Waals surface area contributed by atoms with E-state index in [1.807, 2.05) is 63.1 Å². The van der Waals surface area contributed by atoms with Gasteiger partial charge in [0, 0.05) is 37.4 Å². The molecular formula is C26H30N4O4. The smallest absolute Gasteiger partial charge is 0.254 e. The first-order valence-corrected chi connectivity index (χ1v) is 11.8. The largest absolute Gasteiger partial charge is 0.483 e. The molecule has 0 N–H and O–H groups in total. The van der Waals surface area contributed by atoms with Gasteiger partial charge >= 0.3 is 0 Å². The Kier molecular flexibility index (Phi) is 5.34. The summed E-state index contributed by atoms with van der Waals surface area (Å²) in [6.07, 6.45) is 3.29. The highest BCUT2D eigenvalue weighted by atomic mass is 16.5. The predicted octanol–water partition coefficient (Wildman–Crippen LogP) is 4.23. The van der Waals surface area contributed by atoms with Gasteiger partial charge in [-0.3, -0.25) is 14.3 Å². The van der Waals surface area contributed by atoms with Crippen molar-refractivity contribution in [1.82, 2.24) is 19.7 Å². The summed E-state index contributed by atoms with van der Waals surface area (Å²) in [5, 5.41) is 5.28. The van der Waals surface area contributed by atoms with Crippen molar-refractivity contribution in [3.8, 4) is 11.6 Å². The van der Waals surface area contributed by atoms with E-state index in [9.17, 15) is 9.59 Å². The van der Waals surface area contributed by atoms with Crippen LogP contribution in [0.1, 0.15) is 67.8 Å². The molecule has 4 heterocycles. The molecule has 0 radical (unpaired) electrons. The number of ketones is 1. The van der Waals surface area contributed by atoms with Crippen molar-refractivity contribution in [2.24, 2.45) is 0 Å². The Balaban J connectivity index is 1.36. The number of rotatable bonds is 3. The molecule has 2 aliphatic rings. The number of hydrogen-bond acceptors (Lipinski definition) is 6. The lowest BCUT2D eigenvalue weighted by Crippen LogP contribution is -2.52. The van der Waals surface area contributed by atoms with Gasteiger partial charge in [0.25, 0.3) is 5.91 Å². The van der Waals surface area contributed by atoms with Crippen molar-refractivity contribution in [3.63, 3.8) is 0 Å². The van der Waals surface area contributed by atoms with E-state index in [4.69, 9.17) is 9.47 Å². The first-order valence-electron chi connectivity index (χ1n) is 11.8. The minimum absolute atomic E-state index is 0.00510. The van der Waals surface area contributed by atoms with Crippen LogP contribution in [-0.2, 0) is 5.54 Å². The Morgan fingerprint density at radius 2 is 1.94 bits per heavy atom. The molecule has 0 atom stereocenters. The van der Waals surface area contributed by atoms with Gasteiger partial charge in [-0.15, -0.1) is 0 Å². The van der Waals surface area contributed by atoms with Gasteiger partial charge < -0.3 is 14.4 Å². The van der Waals surface area contributed by atoms with E-state index >= 15 is 0 Å². The average molecular weight is 463 g/mol. The van der Waals surface area contributed by atoms with E-state index in [-0.39, 0.29) is 23.7 Å². The van der Waals surface area contributed by atoms with Gasteiger partial charge in [-0.25, -0.2) is 4.98 Å². The zero-order valence-electron chi connectivity index (χ0n) is 20.1. The van der Waals surface area contributed by atoms with Crippen molar-refractivity contribution in [2.45, 2.75) is 58.1 Å². The fraction of sp³-hybridized carbons (Fsp3) is 0.462. The van der Waals surface area contributed by atoms with E-state index in [1.54, 1.807) is 10.7 Å². The number of pyridine rings is 1. The molecule has 8 heteroatoms. The number of carbonyl (C=O) groups is 2. The van der Waals surface area contributed by atoms with Crippen LogP contribution in [0.3, 0.4) is 0 Å². The minimum atomic E-state index is -0.594. The first kappa shape index (κ1) is 22.4. The molecule has 2 aliphatic heterocycles. The van der Waals surface area contributed by atoms with Gasteiger partial charge in [-0.1, -0.05) is 18.2 Å². The summed E-state index contributed by atoms with van der Waals surface area (Å²) in [5.41, 5.74) is 0.890. The number of likely N-dealkylation sites (tertiary alicyclic amines) is 1. The normalized spacial score (nSPS) is 17.5. The van der Waals surface area contributed by atoms with Crippen LogP contribution in [0.15, 0.2) is 36.5 Å². The highest BCUT2D eigenvalue weighted by Crippen LogP contribution is 2.40. The Bertz CT molecular complexity index is 1270. The van der Waals surface area contributed by atoms with Crippen LogP contribution in [0.4, 0.5) is 0 Å². The number of carbonyl (C=O) groups excluding carboxylic acids is 2. The van der Waals surface area contributed by atoms with Crippen molar-refractivity contribution in [2.75, 3.05) is 19.7 Å². The lowest BCUT2D eigenvalue weighted by molar-refractivity contribution is -0.00582. The van der Waals surface area contributed by atoms with Crippen LogP contribution in [0.25, 0.3) is 10.9 Å². The topological polar surface area (TPSA) is 86.6 Å². The van der Waals surface area contributed by atoms with Crippen LogP contribution in [0.2, 0.25) is 0 Å². The standard InChI is InChI=1S/C26H30N4O4/c1-5-33-22-14-18(17-8-6-7-9-19(17)27-22)24(32)29-12-10-26(11-13-29)15-20(31)23-21(34-26)16-30(28-23)25(2,3)4/h6-9,14,16H,5,10-13,15H2,1-4H3. The second-order valence-corrected chi connectivity index (χ2v) is 10.1. The average Bonchev–Trinajstić information content (AvgIpc) is 3.24. The van der Waals surface area contributed by atoms with Crippen molar-refractivity contribution in [1.29, 1.82) is 0 Å². The molecule has 0 bridgehead atoms. The summed E-state index contributed by atoms with van der Waals surface area (Å²) in [6.45, 7) is 9.50. The molecule has 0 saturated carbocycles. The van der Waals surface area contributed by atoms with Crippen LogP contribution in [0, 0.1) is 0 Å². The molecule has 1 spiro atoms. The Morgan fingerprint density at radius 1 is 1.21 bits per heavy atom. The Morgan fingerprint density at radius 3 is 2.65 bits per heavy atom. The third kappa shape index (κ3) is 3.91. The number of fused-ring (bicyclic) bond motifs is 2. The van der Waals surface area contributed by atoms with E-state index in [2.05, 4.69) is 10.1 Å². The molecule has 5 rings (SSSR count). The van der Waals surface area contributed by atoms with Gasteiger partial charge in [-0.05, 0) is 33.8 Å². The number of amides is 1. The highest BCUT2D eigenvalue weighted by molar-refractivity contribution is 6.06. The van der Waals surface area contributed by atoms with Gasteiger partial charge in [0.1, 0.15) is 5.60 Å². The summed E-state index contributed by atoms with van der Waals surface area (Å²) in [5.74, 6) is 0.943. The number of piperidine rings is 1. The molecule has 1 fully saturated rings. The van der Waals surface area contributed by atoms with Crippen LogP contribution in [-0.4, -0.2) is 56.7 Å². The van der Waals surface area contributed by atoms with Gasteiger partial charge in [0.15, 0.2) is 17.2 Å². The van der Waals surface area contributed by atoms with Crippen LogP contribution >= 0.6 is 0 Å². The Labute approximate surface area is 198 Å². The number of para-hydroxylation sites is 1. The molecule has 1 saturated heterocycles. The molecular weight excluding hydrogens is 432 g/mol. The van der Waals surface area contributed by atoms with Gasteiger partial charge in [0.05, 0.1) is 35.8 Å². The minimum Gasteiger partial charge on any atom is -0.483 e. The second-order valence-electron chi connectivity index (χ2n) is 10.1. The highest BCUT2D eigenvalue weighted by Gasteiger charge is 2.45. The summed E-state index contributed by atoms with van der Waals surface area (Å²) >= 11 is 0. The first-order chi connectivity index (χ1) is 16.2. The summed E-state index contributed by atoms with van der Waals surface area (Å²) in [4.78, 5) is 32.8. The van der Waals surface area contributed by atoms with E-state index < -0.39 is 5.60 Å². The molecule has 0 aliphatic carbocycles. The zero-order valence-corrected chi connectivity index (χ0v) is 20.1. The lowest BCUT2D eigenvalue weighted by atomic mass is 9.83. The molecule has 0 unspecified atom stereocenters. The lowest BCUT2D eigenvalue weighted by Gasteiger charge is -2.43. The maximum atomic E-state index is 13.5. The van der Waals surface area contributed by atoms with Gasteiger partial charge in [-0.2, -0.15) is 5.10 Å². The van der Waals surface area contributed by atoms with Gasteiger partial charge in [0.2, 0.25) is 5.88 Å². The molecule has 8 nitrogen and oxygen atoms in total. The summed E-state index contributed by atoms with van der Waals surface area (Å²) in [7, 11) is 0. The number of ether oxygens (including phenoxy) is 2. The van der Waals surface area contributed by atoms with Crippen LogP contribution < -0.4 is 9.47 Å². The SMILES string of the molecule is CCOc1cc(C(=O)N2CCC3(CC2)CC(=O)c2nn(C(C)(C)C)cc2O3)c2ccccc2n1. The predicted molar refractivity (Wildman–Crippen MR) is 128 cm³/mol.